The molecule has 10 heteroatoms. The van der Waals surface area contributed by atoms with Gasteiger partial charge in [-0.05, 0) is 35.9 Å². The van der Waals surface area contributed by atoms with Gasteiger partial charge in [0.2, 0.25) is 5.91 Å². The first kappa shape index (κ1) is 23.0. The van der Waals surface area contributed by atoms with Crippen molar-refractivity contribution in [3.05, 3.63) is 44.5 Å². The second-order valence-corrected chi connectivity index (χ2v) is 9.21. The summed E-state index contributed by atoms with van der Waals surface area (Å²) in [5.41, 5.74) is 1.35. The van der Waals surface area contributed by atoms with Gasteiger partial charge in [0.05, 0.1) is 24.8 Å². The van der Waals surface area contributed by atoms with E-state index < -0.39 is 18.8 Å². The lowest BCUT2D eigenvalue weighted by Gasteiger charge is -2.26. The highest BCUT2D eigenvalue weighted by Crippen LogP contribution is 2.38. The third-order valence-corrected chi connectivity index (χ3v) is 6.79. The molecule has 0 aromatic carbocycles. The monoisotopic (exact) mass is 461 g/mol. The summed E-state index contributed by atoms with van der Waals surface area (Å²) in [6.07, 6.45) is 2.78. The summed E-state index contributed by atoms with van der Waals surface area (Å²) in [6, 6.07) is 5.99. The molecule has 1 aliphatic carbocycles. The number of aliphatic hydroxyl groups is 2. The van der Waals surface area contributed by atoms with E-state index in [1.165, 1.54) is 40.7 Å². The molecule has 0 fully saturated rings. The Morgan fingerprint density at radius 1 is 1.52 bits per heavy atom. The molecule has 0 saturated heterocycles. The number of thiophene rings is 2. The number of ether oxygens (including phenoxy) is 1. The number of nitrogens with zero attached hydrogens (tertiary/aromatic N) is 2. The van der Waals surface area contributed by atoms with Crippen molar-refractivity contribution in [2.24, 2.45) is 0 Å². The number of nitrogens with one attached hydrogen (secondary N) is 1. The summed E-state index contributed by atoms with van der Waals surface area (Å²) in [4.78, 5) is 27.6. The summed E-state index contributed by atoms with van der Waals surface area (Å²) < 4.78 is 5.52. The minimum Gasteiger partial charge on any atom is -0.446 e. The number of likely N-dealkylation sites (N-methyl/N-ethyl adjacent to an activating group) is 1. The van der Waals surface area contributed by atoms with Crippen LogP contribution in [0.15, 0.2) is 23.6 Å². The van der Waals surface area contributed by atoms with Crippen molar-refractivity contribution < 1.29 is 24.5 Å². The van der Waals surface area contributed by atoms with E-state index in [0.29, 0.717) is 29.8 Å². The van der Waals surface area contributed by atoms with Crippen molar-refractivity contribution in [3.8, 4) is 6.07 Å². The van der Waals surface area contributed by atoms with Crippen LogP contribution in [0.25, 0.3) is 6.08 Å². The van der Waals surface area contributed by atoms with Crippen LogP contribution >= 0.6 is 22.7 Å². The molecule has 0 radical (unpaired) electrons. The number of carbonyl (C=O) groups excluding carboxylic acids is 2. The molecule has 31 heavy (non-hydrogen) atoms. The Hall–Kier alpha value is -2.71. The fourth-order valence-corrected chi connectivity index (χ4v) is 5.12. The predicted octanol–water partition coefficient (Wildman–Crippen LogP) is 2.61. The zero-order chi connectivity index (χ0) is 22.4. The maximum atomic E-state index is 12.3. The van der Waals surface area contributed by atoms with Gasteiger partial charge in [0, 0.05) is 29.3 Å². The SMILES string of the molecule is CN(CC(O)CO)C(=O)OC1CCc2c(sc(NC(=O)/C=C/c3cccs3)c2C#N)C1. The fraction of sp³-hybridized carbons (Fsp3) is 0.381. The molecule has 0 aliphatic heterocycles. The lowest BCUT2D eigenvalue weighted by molar-refractivity contribution is -0.111. The fourth-order valence-electron chi connectivity index (χ4n) is 3.24. The molecule has 0 spiro atoms. The Labute approximate surface area is 188 Å². The Kier molecular flexibility index (Phi) is 7.81. The van der Waals surface area contributed by atoms with Crippen LogP contribution in [0.5, 0.6) is 0 Å². The highest BCUT2D eigenvalue weighted by molar-refractivity contribution is 7.16. The summed E-state index contributed by atoms with van der Waals surface area (Å²) in [5, 5.41) is 33.2. The number of hydrogen-bond donors (Lipinski definition) is 3. The molecule has 3 N–H and O–H groups in total. The summed E-state index contributed by atoms with van der Waals surface area (Å²) in [5.74, 6) is -0.310. The van der Waals surface area contributed by atoms with Crippen LogP contribution in [0.2, 0.25) is 0 Å². The van der Waals surface area contributed by atoms with Crippen LogP contribution in [-0.2, 0) is 22.4 Å². The highest BCUT2D eigenvalue weighted by Gasteiger charge is 2.29. The molecule has 1 aliphatic rings. The molecule has 0 bridgehead atoms. The van der Waals surface area contributed by atoms with Crippen molar-refractivity contribution in [2.75, 3.05) is 25.5 Å². The van der Waals surface area contributed by atoms with Crippen molar-refractivity contribution in [2.45, 2.75) is 31.5 Å². The number of rotatable bonds is 7. The van der Waals surface area contributed by atoms with E-state index >= 15 is 0 Å². The first-order valence-corrected chi connectivity index (χ1v) is 11.4. The average molecular weight is 462 g/mol. The zero-order valence-corrected chi connectivity index (χ0v) is 18.5. The topological polar surface area (TPSA) is 123 Å². The summed E-state index contributed by atoms with van der Waals surface area (Å²) in [7, 11) is 1.49. The van der Waals surface area contributed by atoms with Gasteiger partial charge in [-0.1, -0.05) is 6.07 Å². The van der Waals surface area contributed by atoms with Crippen molar-refractivity contribution in [1.29, 1.82) is 5.26 Å². The second-order valence-electron chi connectivity index (χ2n) is 7.12. The Balaban J connectivity index is 1.64. The minimum atomic E-state index is -1.02. The number of anilines is 1. The van der Waals surface area contributed by atoms with E-state index in [1.807, 2.05) is 17.5 Å². The van der Waals surface area contributed by atoms with Gasteiger partial charge in [0.15, 0.2) is 0 Å². The first-order valence-electron chi connectivity index (χ1n) is 9.69. The molecule has 2 unspecified atom stereocenters. The number of carbonyl (C=O) groups is 2. The standard InChI is InChI=1S/C21H23N3O5S2/c1-24(11-13(26)12-25)21(28)29-14-4-6-16-17(10-22)20(31-18(16)9-14)23-19(27)7-5-15-3-2-8-30-15/h2-3,5,7-8,13-14,25-26H,4,6,9,11-12H2,1H3,(H,23,27)/b7-5+. The van der Waals surface area contributed by atoms with E-state index in [-0.39, 0.29) is 18.6 Å². The molecule has 2 heterocycles. The number of hydrogen-bond acceptors (Lipinski definition) is 8. The largest absolute Gasteiger partial charge is 0.446 e. The van der Waals surface area contributed by atoms with Crippen molar-refractivity contribution in [3.63, 3.8) is 0 Å². The highest BCUT2D eigenvalue weighted by atomic mass is 32.1. The molecule has 8 nitrogen and oxygen atoms in total. The van der Waals surface area contributed by atoms with E-state index in [0.717, 1.165) is 15.3 Å². The predicted molar refractivity (Wildman–Crippen MR) is 119 cm³/mol. The van der Waals surface area contributed by atoms with Gasteiger partial charge in [-0.15, -0.1) is 22.7 Å². The van der Waals surface area contributed by atoms with Crippen LogP contribution in [-0.4, -0.2) is 59.5 Å². The minimum absolute atomic E-state index is 0.0277. The lowest BCUT2D eigenvalue weighted by Crippen LogP contribution is -2.38. The molecular formula is C21H23N3O5S2. The summed E-state index contributed by atoms with van der Waals surface area (Å²) in [6.45, 7) is -0.465. The van der Waals surface area contributed by atoms with E-state index in [2.05, 4.69) is 11.4 Å². The van der Waals surface area contributed by atoms with Gasteiger partial charge in [0.25, 0.3) is 0 Å². The molecule has 164 valence electrons. The van der Waals surface area contributed by atoms with Crippen LogP contribution < -0.4 is 5.32 Å². The van der Waals surface area contributed by atoms with Crippen LogP contribution in [0.3, 0.4) is 0 Å². The van der Waals surface area contributed by atoms with E-state index in [1.54, 1.807) is 6.08 Å². The Morgan fingerprint density at radius 3 is 3.00 bits per heavy atom. The van der Waals surface area contributed by atoms with Crippen molar-refractivity contribution >= 4 is 45.8 Å². The third kappa shape index (κ3) is 5.92. The number of amides is 2. The molecule has 3 rings (SSSR count). The third-order valence-electron chi connectivity index (χ3n) is 4.79. The van der Waals surface area contributed by atoms with Gasteiger partial charge >= 0.3 is 6.09 Å². The molecule has 2 atom stereocenters. The molecule has 0 saturated carbocycles. The molecule has 2 aromatic heterocycles. The second kappa shape index (κ2) is 10.5. The normalized spacial score (nSPS) is 16.4. The maximum absolute atomic E-state index is 12.3. The summed E-state index contributed by atoms with van der Waals surface area (Å²) >= 11 is 2.85. The zero-order valence-electron chi connectivity index (χ0n) is 16.9. The van der Waals surface area contributed by atoms with E-state index in [4.69, 9.17) is 9.84 Å². The number of aliphatic hydroxyl groups excluding tert-OH is 2. The van der Waals surface area contributed by atoms with Gasteiger partial charge in [-0.25, -0.2) is 4.79 Å². The van der Waals surface area contributed by atoms with Gasteiger partial charge in [-0.2, -0.15) is 5.26 Å². The quantitative estimate of drug-likeness (QED) is 0.545. The van der Waals surface area contributed by atoms with Gasteiger partial charge in [0.1, 0.15) is 17.2 Å². The smallest absolute Gasteiger partial charge is 0.409 e. The van der Waals surface area contributed by atoms with Crippen molar-refractivity contribution in [1.82, 2.24) is 4.90 Å². The molecule has 2 aromatic rings. The maximum Gasteiger partial charge on any atom is 0.409 e. The van der Waals surface area contributed by atoms with E-state index in [9.17, 15) is 20.0 Å². The average Bonchev–Trinajstić information content (AvgIpc) is 3.38. The Morgan fingerprint density at radius 2 is 2.32 bits per heavy atom. The molecular weight excluding hydrogens is 438 g/mol. The van der Waals surface area contributed by atoms with Gasteiger partial charge < -0.3 is 25.2 Å². The Bertz CT molecular complexity index is 994. The number of nitriles is 1. The van der Waals surface area contributed by atoms with Crippen LogP contribution in [0, 0.1) is 11.3 Å². The molecule has 2 amide bonds. The first-order chi connectivity index (χ1) is 14.9. The lowest BCUT2D eigenvalue weighted by atomic mass is 9.94. The van der Waals surface area contributed by atoms with Crippen LogP contribution in [0.1, 0.15) is 27.3 Å². The van der Waals surface area contributed by atoms with Crippen LogP contribution in [0.4, 0.5) is 9.80 Å². The number of fused-ring (bicyclic) bond motifs is 1. The van der Waals surface area contributed by atoms with Gasteiger partial charge in [-0.3, -0.25) is 4.79 Å².